The summed E-state index contributed by atoms with van der Waals surface area (Å²) in [6.45, 7) is 5.34. The molecule has 24 heavy (non-hydrogen) atoms. The first-order valence-electron chi connectivity index (χ1n) is 8.50. The predicted octanol–water partition coefficient (Wildman–Crippen LogP) is 2.66. The molecule has 0 unspecified atom stereocenters. The fourth-order valence-electron chi connectivity index (χ4n) is 3.67. The summed E-state index contributed by atoms with van der Waals surface area (Å²) in [6, 6.07) is 5.17. The third-order valence-electron chi connectivity index (χ3n) is 5.05. The highest BCUT2D eigenvalue weighted by Crippen LogP contribution is 2.30. The molecule has 128 valence electrons. The Hall–Kier alpha value is -1.31. The fraction of sp³-hybridized carbons (Fsp3) is 0.529. The minimum atomic E-state index is -0.134. The van der Waals surface area contributed by atoms with Crippen LogP contribution in [0, 0.1) is 5.82 Å². The highest BCUT2D eigenvalue weighted by Gasteiger charge is 2.27. The molecule has 7 heteroatoms. The zero-order valence-corrected chi connectivity index (χ0v) is 15.1. The maximum atomic E-state index is 14.0. The quantitative estimate of drug-likeness (QED) is 0.870. The monoisotopic (exact) mass is 393 g/mol. The second-order valence-electron chi connectivity index (χ2n) is 6.55. The number of piperidine rings is 1. The summed E-state index contributed by atoms with van der Waals surface area (Å²) in [6.07, 6.45) is 2.11. The average molecular weight is 394 g/mol. The normalized spacial score (nSPS) is 19.4. The van der Waals surface area contributed by atoms with Gasteiger partial charge in [0.25, 0.3) is 0 Å². The van der Waals surface area contributed by atoms with Crippen LogP contribution >= 0.6 is 15.9 Å². The second-order valence-corrected chi connectivity index (χ2v) is 7.41. The van der Waals surface area contributed by atoms with Crippen molar-refractivity contribution in [3.05, 3.63) is 45.7 Å². The van der Waals surface area contributed by atoms with E-state index >= 15 is 0 Å². The summed E-state index contributed by atoms with van der Waals surface area (Å²) in [5, 5.41) is 12.1. The maximum absolute atomic E-state index is 14.0. The molecule has 0 radical (unpaired) electrons. The van der Waals surface area contributed by atoms with Crippen LogP contribution in [0.1, 0.15) is 36.0 Å². The number of nitrogens with one attached hydrogen (secondary N) is 1. The third-order valence-corrected chi connectivity index (χ3v) is 5.79. The van der Waals surface area contributed by atoms with Gasteiger partial charge in [0.05, 0.1) is 6.54 Å². The Labute approximate surface area is 149 Å². The Morgan fingerprint density at radius 2 is 2.04 bits per heavy atom. The van der Waals surface area contributed by atoms with Crippen LogP contribution in [-0.4, -0.2) is 39.3 Å². The molecule has 0 atom stereocenters. The van der Waals surface area contributed by atoms with Crippen LogP contribution in [0.5, 0.6) is 0 Å². The molecule has 1 aromatic heterocycles. The van der Waals surface area contributed by atoms with Gasteiger partial charge in [-0.1, -0.05) is 22.0 Å². The Morgan fingerprint density at radius 1 is 1.21 bits per heavy atom. The van der Waals surface area contributed by atoms with Crippen molar-refractivity contribution in [3.8, 4) is 0 Å². The van der Waals surface area contributed by atoms with Crippen molar-refractivity contribution in [1.82, 2.24) is 25.0 Å². The van der Waals surface area contributed by atoms with Crippen molar-refractivity contribution < 1.29 is 4.39 Å². The van der Waals surface area contributed by atoms with Crippen LogP contribution in [0.15, 0.2) is 22.7 Å². The van der Waals surface area contributed by atoms with Gasteiger partial charge < -0.3 is 9.88 Å². The van der Waals surface area contributed by atoms with Gasteiger partial charge in [-0.25, -0.2) is 4.39 Å². The van der Waals surface area contributed by atoms with Crippen LogP contribution in [0.4, 0.5) is 4.39 Å². The van der Waals surface area contributed by atoms with E-state index in [0.29, 0.717) is 12.5 Å². The van der Waals surface area contributed by atoms with Crippen molar-refractivity contribution in [3.63, 3.8) is 0 Å². The van der Waals surface area contributed by atoms with Crippen LogP contribution in [0.25, 0.3) is 0 Å². The molecule has 2 aliphatic heterocycles. The summed E-state index contributed by atoms with van der Waals surface area (Å²) in [5.41, 5.74) is 0.752. The van der Waals surface area contributed by atoms with Crippen molar-refractivity contribution in [2.75, 3.05) is 19.6 Å². The van der Waals surface area contributed by atoms with Gasteiger partial charge >= 0.3 is 0 Å². The molecule has 0 amide bonds. The lowest BCUT2D eigenvalue weighted by atomic mass is 9.95. The lowest BCUT2D eigenvalue weighted by Crippen LogP contribution is -2.35. The predicted molar refractivity (Wildman–Crippen MR) is 93.1 cm³/mol. The van der Waals surface area contributed by atoms with E-state index in [4.69, 9.17) is 0 Å². The topological polar surface area (TPSA) is 46.0 Å². The average Bonchev–Trinajstić information content (AvgIpc) is 3.03. The molecule has 0 saturated carbocycles. The smallest absolute Gasteiger partial charge is 0.147 e. The zero-order valence-electron chi connectivity index (χ0n) is 13.5. The Morgan fingerprint density at radius 3 is 2.83 bits per heavy atom. The van der Waals surface area contributed by atoms with Crippen molar-refractivity contribution in [2.45, 2.75) is 38.4 Å². The molecule has 0 aliphatic carbocycles. The summed E-state index contributed by atoms with van der Waals surface area (Å²) in [4.78, 5) is 2.33. The molecule has 1 saturated heterocycles. The van der Waals surface area contributed by atoms with Crippen LogP contribution in [0.2, 0.25) is 0 Å². The van der Waals surface area contributed by atoms with E-state index in [1.165, 1.54) is 6.07 Å². The molecule has 2 aromatic rings. The van der Waals surface area contributed by atoms with Gasteiger partial charge in [0.15, 0.2) is 0 Å². The number of fused-ring (bicyclic) bond motifs is 1. The van der Waals surface area contributed by atoms with Gasteiger partial charge in [-0.05, 0) is 38.1 Å². The minimum Gasteiger partial charge on any atom is -0.312 e. The molecule has 1 N–H and O–H groups in total. The summed E-state index contributed by atoms with van der Waals surface area (Å²) in [5.74, 6) is 2.52. The van der Waals surface area contributed by atoms with Crippen molar-refractivity contribution in [1.29, 1.82) is 0 Å². The molecular formula is C17H21BrFN5. The van der Waals surface area contributed by atoms with E-state index in [-0.39, 0.29) is 5.82 Å². The Bertz CT molecular complexity index is 704. The molecule has 0 spiro atoms. The van der Waals surface area contributed by atoms with E-state index in [2.05, 4.69) is 40.9 Å². The van der Waals surface area contributed by atoms with Crippen molar-refractivity contribution >= 4 is 15.9 Å². The molecule has 1 fully saturated rings. The number of benzene rings is 1. The molecule has 3 heterocycles. The third kappa shape index (κ3) is 3.12. The number of likely N-dealkylation sites (tertiary alicyclic amines) is 1. The van der Waals surface area contributed by atoms with Crippen LogP contribution < -0.4 is 5.32 Å². The fourth-order valence-corrected chi connectivity index (χ4v) is 4.14. The van der Waals surface area contributed by atoms with Gasteiger partial charge in [-0.3, -0.25) is 4.90 Å². The number of hydrogen-bond donors (Lipinski definition) is 1. The number of hydrogen-bond acceptors (Lipinski definition) is 4. The molecule has 5 nitrogen and oxygen atoms in total. The number of aromatic nitrogens is 3. The number of halogens is 2. The summed E-state index contributed by atoms with van der Waals surface area (Å²) in [7, 11) is 0. The first-order chi connectivity index (χ1) is 11.7. The lowest BCUT2D eigenvalue weighted by molar-refractivity contribution is 0.197. The van der Waals surface area contributed by atoms with Gasteiger partial charge in [0.2, 0.25) is 0 Å². The first kappa shape index (κ1) is 16.2. The second kappa shape index (κ2) is 6.90. The van der Waals surface area contributed by atoms with E-state index in [1.54, 1.807) is 6.07 Å². The highest BCUT2D eigenvalue weighted by molar-refractivity contribution is 9.10. The Balaban J connectivity index is 1.41. The molecule has 4 rings (SSSR count). The van der Waals surface area contributed by atoms with Gasteiger partial charge in [-0.15, -0.1) is 10.2 Å². The molecule has 0 bridgehead atoms. The summed E-state index contributed by atoms with van der Waals surface area (Å²) >= 11 is 3.46. The molecule has 1 aromatic carbocycles. The number of nitrogens with zero attached hydrogens (tertiary/aromatic N) is 4. The number of rotatable bonds is 3. The van der Waals surface area contributed by atoms with E-state index < -0.39 is 0 Å². The van der Waals surface area contributed by atoms with Crippen molar-refractivity contribution in [2.24, 2.45) is 0 Å². The first-order valence-corrected chi connectivity index (χ1v) is 9.29. The standard InChI is InChI=1S/C17H21BrFN5/c18-14-2-1-3-15(19)13(14)11-23-7-4-12(5-8-23)17-22-21-16-10-20-6-9-24(16)17/h1-3,12,20H,4-11H2. The minimum absolute atomic E-state index is 0.134. The zero-order chi connectivity index (χ0) is 16.5. The van der Waals surface area contributed by atoms with Gasteiger partial charge in [-0.2, -0.15) is 0 Å². The Kier molecular flexibility index (Phi) is 4.65. The molecule has 2 aliphatic rings. The highest BCUT2D eigenvalue weighted by atomic mass is 79.9. The largest absolute Gasteiger partial charge is 0.312 e. The van der Waals surface area contributed by atoms with E-state index in [0.717, 1.165) is 67.3 Å². The van der Waals surface area contributed by atoms with E-state index in [9.17, 15) is 4.39 Å². The van der Waals surface area contributed by atoms with Crippen LogP contribution in [0.3, 0.4) is 0 Å². The molecular weight excluding hydrogens is 373 g/mol. The van der Waals surface area contributed by atoms with Gasteiger partial charge in [0, 0.05) is 35.6 Å². The van der Waals surface area contributed by atoms with E-state index in [1.807, 2.05) is 6.07 Å². The maximum Gasteiger partial charge on any atom is 0.147 e. The lowest BCUT2D eigenvalue weighted by Gasteiger charge is -2.32. The van der Waals surface area contributed by atoms with Crippen LogP contribution in [-0.2, 0) is 19.6 Å². The van der Waals surface area contributed by atoms with Gasteiger partial charge in [0.1, 0.15) is 17.5 Å². The summed E-state index contributed by atoms with van der Waals surface area (Å²) < 4.78 is 17.1. The SMILES string of the molecule is Fc1cccc(Br)c1CN1CCC(c2nnc3n2CCNC3)CC1.